The Morgan fingerprint density at radius 3 is 2.64 bits per heavy atom. The van der Waals surface area contributed by atoms with E-state index in [1.54, 1.807) is 0 Å². The molecule has 0 radical (unpaired) electrons. The molecule has 2 heterocycles. The first-order valence-corrected chi connectivity index (χ1v) is 10.9. The van der Waals surface area contributed by atoms with Crippen LogP contribution < -0.4 is 5.32 Å². The van der Waals surface area contributed by atoms with E-state index in [1.165, 1.54) is 56.6 Å². The predicted octanol–water partition coefficient (Wildman–Crippen LogP) is 1.95. The van der Waals surface area contributed by atoms with Gasteiger partial charge in [0.05, 0.1) is 10.6 Å². The molecule has 2 aromatic heterocycles. The zero-order valence-corrected chi connectivity index (χ0v) is 18.3. The number of carboxylic acid groups (broad SMARTS) is 1. The van der Waals surface area contributed by atoms with E-state index in [2.05, 4.69) is 15.4 Å². The highest BCUT2D eigenvalue weighted by Crippen LogP contribution is 2.28. The average Bonchev–Trinajstić information content (AvgIpc) is 3.24. The molecule has 0 bridgehead atoms. The summed E-state index contributed by atoms with van der Waals surface area (Å²) in [6.07, 6.45) is 2.65. The maximum atomic E-state index is 14.2. The summed E-state index contributed by atoms with van der Waals surface area (Å²) in [5, 5.41) is 15.3. The summed E-state index contributed by atoms with van der Waals surface area (Å²) in [4.78, 5) is 26.3. The second-order valence-electron chi connectivity index (χ2n) is 6.67. The van der Waals surface area contributed by atoms with Gasteiger partial charge in [-0.25, -0.2) is 27.1 Å². The number of ether oxygens (including phenoxy) is 1. The molecule has 0 aliphatic heterocycles. The van der Waals surface area contributed by atoms with Crippen LogP contribution >= 0.6 is 0 Å². The minimum absolute atomic E-state index is 0.0132. The number of pyridine rings is 1. The molecule has 1 aromatic carbocycles. The predicted molar refractivity (Wildman–Crippen MR) is 113 cm³/mol. The van der Waals surface area contributed by atoms with Gasteiger partial charge in [0.15, 0.2) is 11.3 Å². The van der Waals surface area contributed by atoms with Crippen molar-refractivity contribution in [2.24, 2.45) is 0 Å². The van der Waals surface area contributed by atoms with Crippen molar-refractivity contribution in [2.45, 2.75) is 23.1 Å². The molecular formula is C21H19FN4O6S. The third kappa shape index (κ3) is 5.13. The van der Waals surface area contributed by atoms with Gasteiger partial charge in [-0.2, -0.15) is 5.10 Å². The lowest BCUT2D eigenvalue weighted by Gasteiger charge is -2.13. The van der Waals surface area contributed by atoms with Crippen LogP contribution in [0.15, 0.2) is 70.9 Å². The summed E-state index contributed by atoms with van der Waals surface area (Å²) >= 11 is 0. The first kappa shape index (κ1) is 23.8. The number of aromatic nitrogens is 3. The monoisotopic (exact) mass is 474 g/mol. The van der Waals surface area contributed by atoms with Crippen LogP contribution in [0.4, 0.5) is 4.39 Å². The third-order valence-electron chi connectivity index (χ3n) is 4.51. The third-order valence-corrected chi connectivity index (χ3v) is 6.21. The number of esters is 1. The van der Waals surface area contributed by atoms with Crippen LogP contribution in [-0.2, 0) is 24.2 Å². The van der Waals surface area contributed by atoms with E-state index in [4.69, 9.17) is 9.84 Å². The fourth-order valence-electron chi connectivity index (χ4n) is 2.89. The van der Waals surface area contributed by atoms with Crippen LogP contribution in [0.5, 0.6) is 0 Å². The van der Waals surface area contributed by atoms with Gasteiger partial charge in [-0.1, -0.05) is 6.07 Å². The molecule has 0 spiro atoms. The zero-order valence-electron chi connectivity index (χ0n) is 17.5. The summed E-state index contributed by atoms with van der Waals surface area (Å²) in [6.45, 7) is 1.47. The molecule has 3 aromatic rings. The number of carboxylic acids is 1. The standard InChI is InChI=1S/C21H19FN4O6S/c1-13-15(22)6-3-7-17(13)26-18(33(30,31)14-5-4-10-24-12-14)11-16(25-26)21(23-2)32-20(29)9-8-19(27)28/h3-12,21,23H,1-2H3,(H,27,28)/b9-8+. The van der Waals surface area contributed by atoms with Gasteiger partial charge in [0.2, 0.25) is 9.84 Å². The Balaban J connectivity index is 2.15. The van der Waals surface area contributed by atoms with Crippen LogP contribution in [0.2, 0.25) is 0 Å². The van der Waals surface area contributed by atoms with Gasteiger partial charge < -0.3 is 9.84 Å². The molecule has 10 nitrogen and oxygen atoms in total. The lowest BCUT2D eigenvalue weighted by Crippen LogP contribution is -2.23. The molecule has 0 aliphatic carbocycles. The summed E-state index contributed by atoms with van der Waals surface area (Å²) in [6, 6.07) is 8.12. The van der Waals surface area contributed by atoms with Crippen molar-refractivity contribution in [2.75, 3.05) is 7.05 Å². The molecule has 0 saturated heterocycles. The Morgan fingerprint density at radius 2 is 2.00 bits per heavy atom. The number of carbonyl (C=O) groups is 2. The number of hydrogen-bond donors (Lipinski definition) is 2. The van der Waals surface area contributed by atoms with E-state index < -0.39 is 33.8 Å². The van der Waals surface area contributed by atoms with Crippen molar-refractivity contribution in [1.29, 1.82) is 0 Å². The Hall–Kier alpha value is -3.90. The minimum Gasteiger partial charge on any atom is -0.478 e. The smallest absolute Gasteiger partial charge is 0.332 e. The quantitative estimate of drug-likeness (QED) is 0.285. The van der Waals surface area contributed by atoms with Gasteiger partial charge in [0, 0.05) is 36.2 Å². The highest BCUT2D eigenvalue weighted by molar-refractivity contribution is 7.91. The average molecular weight is 474 g/mol. The second-order valence-corrected chi connectivity index (χ2v) is 8.57. The molecule has 0 aliphatic rings. The highest BCUT2D eigenvalue weighted by atomic mass is 32.2. The van der Waals surface area contributed by atoms with Gasteiger partial charge in [-0.05, 0) is 38.2 Å². The molecule has 12 heteroatoms. The van der Waals surface area contributed by atoms with E-state index in [1.807, 2.05) is 0 Å². The van der Waals surface area contributed by atoms with Crippen molar-refractivity contribution in [3.05, 3.63) is 78.0 Å². The van der Waals surface area contributed by atoms with Crippen molar-refractivity contribution in [3.63, 3.8) is 0 Å². The van der Waals surface area contributed by atoms with Gasteiger partial charge in [-0.3, -0.25) is 10.3 Å². The Labute approximate surface area is 188 Å². The number of hydrogen-bond acceptors (Lipinski definition) is 8. The molecule has 3 rings (SSSR count). The largest absolute Gasteiger partial charge is 0.478 e. The van der Waals surface area contributed by atoms with Gasteiger partial charge in [-0.15, -0.1) is 0 Å². The summed E-state index contributed by atoms with van der Waals surface area (Å²) in [7, 11) is -2.73. The summed E-state index contributed by atoms with van der Waals surface area (Å²) in [5.74, 6) is -2.90. The fourth-order valence-corrected chi connectivity index (χ4v) is 4.23. The topological polar surface area (TPSA) is 140 Å². The van der Waals surface area contributed by atoms with Gasteiger partial charge in [0.1, 0.15) is 11.5 Å². The number of nitrogens with one attached hydrogen (secondary N) is 1. The van der Waals surface area contributed by atoms with E-state index >= 15 is 0 Å². The number of sulfone groups is 1. The molecule has 1 atom stereocenters. The van der Waals surface area contributed by atoms with Crippen molar-refractivity contribution >= 4 is 21.8 Å². The fraction of sp³-hybridized carbons (Fsp3) is 0.143. The molecule has 33 heavy (non-hydrogen) atoms. The zero-order chi connectivity index (χ0) is 24.2. The number of benzene rings is 1. The second kappa shape index (κ2) is 9.71. The van der Waals surface area contributed by atoms with E-state index in [-0.39, 0.29) is 26.9 Å². The molecule has 2 N–H and O–H groups in total. The molecule has 0 saturated carbocycles. The summed E-state index contributed by atoms with van der Waals surface area (Å²) < 4.78 is 47.1. The van der Waals surface area contributed by atoms with Crippen LogP contribution in [-0.4, -0.2) is 47.3 Å². The van der Waals surface area contributed by atoms with Crippen molar-refractivity contribution < 1.29 is 32.2 Å². The van der Waals surface area contributed by atoms with Crippen LogP contribution in [0, 0.1) is 12.7 Å². The Bertz CT molecular complexity index is 1320. The number of nitrogens with zero attached hydrogens (tertiary/aromatic N) is 3. The molecule has 0 amide bonds. The molecule has 0 fully saturated rings. The lowest BCUT2D eigenvalue weighted by atomic mass is 10.2. The lowest BCUT2D eigenvalue weighted by molar-refractivity contribution is -0.145. The summed E-state index contributed by atoms with van der Waals surface area (Å²) in [5.41, 5.74) is 0.300. The maximum Gasteiger partial charge on any atom is 0.332 e. The molecule has 1 unspecified atom stereocenters. The van der Waals surface area contributed by atoms with Gasteiger partial charge in [0.25, 0.3) is 0 Å². The number of halogens is 1. The van der Waals surface area contributed by atoms with E-state index in [0.717, 1.165) is 10.9 Å². The number of aliphatic carboxylic acids is 1. The normalized spacial score (nSPS) is 12.6. The molecule has 172 valence electrons. The van der Waals surface area contributed by atoms with Crippen LogP contribution in [0.1, 0.15) is 17.5 Å². The van der Waals surface area contributed by atoms with Crippen molar-refractivity contribution in [3.8, 4) is 5.69 Å². The number of rotatable bonds is 8. The first-order valence-electron chi connectivity index (χ1n) is 9.44. The first-order chi connectivity index (χ1) is 15.6. The van der Waals surface area contributed by atoms with Crippen LogP contribution in [0.25, 0.3) is 5.69 Å². The minimum atomic E-state index is -4.16. The Morgan fingerprint density at radius 1 is 1.24 bits per heavy atom. The van der Waals surface area contributed by atoms with Gasteiger partial charge >= 0.3 is 11.9 Å². The Kier molecular flexibility index (Phi) is 6.99. The van der Waals surface area contributed by atoms with E-state index in [9.17, 15) is 22.4 Å². The molecular weight excluding hydrogens is 455 g/mol. The van der Waals surface area contributed by atoms with Crippen LogP contribution in [0.3, 0.4) is 0 Å². The maximum absolute atomic E-state index is 14.2. The number of carbonyl (C=O) groups excluding carboxylic acids is 1. The van der Waals surface area contributed by atoms with Crippen molar-refractivity contribution in [1.82, 2.24) is 20.1 Å². The highest BCUT2D eigenvalue weighted by Gasteiger charge is 2.29. The van der Waals surface area contributed by atoms with E-state index in [0.29, 0.717) is 12.2 Å². The SMILES string of the molecule is CNC(OC(=O)/C=C/C(=O)O)c1cc(S(=O)(=O)c2cccnc2)n(-c2cccc(F)c2C)n1.